The van der Waals surface area contributed by atoms with Crippen molar-refractivity contribution in [3.63, 3.8) is 0 Å². The Morgan fingerprint density at radius 3 is 2.16 bits per heavy atom. The van der Waals surface area contributed by atoms with Crippen LogP contribution in [0.25, 0.3) is 11.2 Å². The third-order valence-corrected chi connectivity index (χ3v) is 6.80. The second-order valence-corrected chi connectivity index (χ2v) is 9.46. The highest BCUT2D eigenvalue weighted by atomic mass is 19.4. The SMILES string of the molecule is CC1(C)OB(c2ccc(C3(c4nc5ncc(C(F)(F)F)cc5[nH]4)COC3)cc2)OC1(C)C. The molecule has 10 heteroatoms. The van der Waals surface area contributed by atoms with E-state index in [0.29, 0.717) is 19.0 Å². The molecule has 0 aliphatic carbocycles. The van der Waals surface area contributed by atoms with E-state index in [1.165, 1.54) is 0 Å². The molecule has 0 radical (unpaired) electrons. The molecule has 0 saturated carbocycles. The number of halogens is 3. The average Bonchev–Trinajstić information content (AvgIpc) is 3.18. The normalized spacial score (nSPS) is 21.7. The van der Waals surface area contributed by atoms with E-state index < -0.39 is 35.5 Å². The van der Waals surface area contributed by atoms with Gasteiger partial charge in [0.05, 0.1) is 40.9 Å². The highest BCUT2D eigenvalue weighted by Crippen LogP contribution is 2.40. The minimum absolute atomic E-state index is 0.244. The molecule has 0 spiro atoms. The Hall–Kier alpha value is -2.43. The zero-order valence-corrected chi connectivity index (χ0v) is 18.2. The van der Waals surface area contributed by atoms with E-state index in [4.69, 9.17) is 14.0 Å². The summed E-state index contributed by atoms with van der Waals surface area (Å²) in [5, 5.41) is 0. The molecule has 1 aromatic carbocycles. The second kappa shape index (κ2) is 6.79. The first-order valence-electron chi connectivity index (χ1n) is 10.4. The number of alkyl halides is 3. The lowest BCUT2D eigenvalue weighted by Crippen LogP contribution is -2.48. The van der Waals surface area contributed by atoms with Crippen molar-refractivity contribution < 1.29 is 27.2 Å². The summed E-state index contributed by atoms with van der Waals surface area (Å²) in [4.78, 5) is 11.4. The number of ether oxygens (including phenoxy) is 1. The molecule has 6 nitrogen and oxygen atoms in total. The number of aromatic nitrogens is 3. The largest absolute Gasteiger partial charge is 0.494 e. The minimum Gasteiger partial charge on any atom is -0.399 e. The molecule has 2 saturated heterocycles. The Labute approximate surface area is 183 Å². The fourth-order valence-corrected chi connectivity index (χ4v) is 3.97. The van der Waals surface area contributed by atoms with Crippen molar-refractivity contribution in [2.24, 2.45) is 0 Å². The van der Waals surface area contributed by atoms with Crippen molar-refractivity contribution in [1.82, 2.24) is 15.0 Å². The van der Waals surface area contributed by atoms with Crippen LogP contribution in [0.4, 0.5) is 13.2 Å². The maximum absolute atomic E-state index is 13.0. The lowest BCUT2D eigenvalue weighted by atomic mass is 9.74. The van der Waals surface area contributed by atoms with Gasteiger partial charge in [-0.15, -0.1) is 0 Å². The number of hydrogen-bond donors (Lipinski definition) is 1. The number of H-pyrrole nitrogens is 1. The Morgan fingerprint density at radius 1 is 1.00 bits per heavy atom. The number of fused-ring (bicyclic) bond motifs is 1. The smallest absolute Gasteiger partial charge is 0.399 e. The first-order chi connectivity index (χ1) is 14.9. The standard InChI is InChI=1S/C22H23BF3N3O3/c1-19(2)20(3,4)32-23(31-19)15-7-5-13(6-8-15)21(11-30-12-21)18-28-16-9-14(22(24,25)26)10-27-17(16)29-18/h5-10H,11-12H2,1-4H3,(H,27,28,29). The minimum atomic E-state index is -4.47. The van der Waals surface area contributed by atoms with Gasteiger partial charge < -0.3 is 19.0 Å². The molecule has 0 amide bonds. The fraction of sp³-hybridized carbons (Fsp3) is 0.455. The van der Waals surface area contributed by atoms with Gasteiger partial charge in [-0.05, 0) is 44.8 Å². The second-order valence-electron chi connectivity index (χ2n) is 9.46. The number of aromatic amines is 1. The van der Waals surface area contributed by atoms with E-state index in [1.807, 2.05) is 52.0 Å². The van der Waals surface area contributed by atoms with Crippen molar-refractivity contribution in [2.45, 2.75) is 50.5 Å². The van der Waals surface area contributed by atoms with Crippen molar-refractivity contribution >= 4 is 23.7 Å². The van der Waals surface area contributed by atoms with E-state index in [-0.39, 0.29) is 11.2 Å². The van der Waals surface area contributed by atoms with Crippen LogP contribution < -0.4 is 5.46 Å². The lowest BCUT2D eigenvalue weighted by molar-refractivity contribution is -0.137. The molecule has 32 heavy (non-hydrogen) atoms. The van der Waals surface area contributed by atoms with Crippen molar-refractivity contribution in [1.29, 1.82) is 0 Å². The van der Waals surface area contributed by atoms with Gasteiger partial charge in [0.15, 0.2) is 5.65 Å². The van der Waals surface area contributed by atoms with E-state index in [2.05, 4.69) is 15.0 Å². The van der Waals surface area contributed by atoms with Gasteiger partial charge in [-0.2, -0.15) is 13.2 Å². The van der Waals surface area contributed by atoms with Crippen LogP contribution in [-0.2, 0) is 25.6 Å². The van der Waals surface area contributed by atoms with Gasteiger partial charge in [0, 0.05) is 6.20 Å². The zero-order valence-electron chi connectivity index (χ0n) is 18.2. The number of benzene rings is 1. The number of hydrogen-bond acceptors (Lipinski definition) is 5. The summed E-state index contributed by atoms with van der Waals surface area (Å²) in [5.74, 6) is 0.536. The highest BCUT2D eigenvalue weighted by molar-refractivity contribution is 6.62. The lowest BCUT2D eigenvalue weighted by Gasteiger charge is -2.40. The molecule has 0 atom stereocenters. The van der Waals surface area contributed by atoms with Crippen LogP contribution in [0.3, 0.4) is 0 Å². The number of nitrogens with zero attached hydrogens (tertiary/aromatic N) is 2. The van der Waals surface area contributed by atoms with Crippen LogP contribution in [0.5, 0.6) is 0 Å². The Kier molecular flexibility index (Phi) is 4.54. The Balaban J connectivity index is 1.46. The maximum atomic E-state index is 13.0. The van der Waals surface area contributed by atoms with Gasteiger partial charge in [-0.3, -0.25) is 0 Å². The predicted octanol–water partition coefficient (Wildman–Crippen LogP) is 3.59. The number of rotatable bonds is 3. The van der Waals surface area contributed by atoms with E-state index in [1.54, 1.807) is 0 Å². The Bertz CT molecular complexity index is 1150. The van der Waals surface area contributed by atoms with Crippen LogP contribution in [0.2, 0.25) is 0 Å². The summed E-state index contributed by atoms with van der Waals surface area (Å²) in [5.41, 5.74) is 0.0660. The molecule has 2 aliphatic heterocycles. The summed E-state index contributed by atoms with van der Waals surface area (Å²) in [7, 11) is -0.473. The first kappa shape index (κ1) is 21.4. The van der Waals surface area contributed by atoms with Crippen LogP contribution >= 0.6 is 0 Å². The van der Waals surface area contributed by atoms with Crippen LogP contribution in [-0.4, -0.2) is 46.5 Å². The first-order valence-corrected chi connectivity index (χ1v) is 10.4. The molecule has 168 valence electrons. The van der Waals surface area contributed by atoms with Crippen molar-refractivity contribution in [2.75, 3.05) is 13.2 Å². The van der Waals surface area contributed by atoms with Gasteiger partial charge in [0.25, 0.3) is 0 Å². The predicted molar refractivity (Wildman–Crippen MR) is 113 cm³/mol. The van der Waals surface area contributed by atoms with Crippen LogP contribution in [0.15, 0.2) is 36.5 Å². The van der Waals surface area contributed by atoms with Gasteiger partial charge in [0.1, 0.15) is 5.82 Å². The zero-order chi connectivity index (χ0) is 22.9. The van der Waals surface area contributed by atoms with Gasteiger partial charge in [-0.25, -0.2) is 9.97 Å². The van der Waals surface area contributed by atoms with Crippen molar-refractivity contribution in [3.8, 4) is 0 Å². The Morgan fingerprint density at radius 2 is 1.62 bits per heavy atom. The molecule has 0 bridgehead atoms. The van der Waals surface area contributed by atoms with Gasteiger partial charge >= 0.3 is 13.3 Å². The summed E-state index contributed by atoms with van der Waals surface area (Å²) < 4.78 is 56.9. The summed E-state index contributed by atoms with van der Waals surface area (Å²) in [6.07, 6.45) is -3.66. The quantitative estimate of drug-likeness (QED) is 0.625. The number of pyridine rings is 1. The third-order valence-electron chi connectivity index (χ3n) is 6.80. The number of imidazole rings is 1. The molecular weight excluding hydrogens is 422 g/mol. The van der Waals surface area contributed by atoms with Crippen LogP contribution in [0, 0.1) is 0 Å². The van der Waals surface area contributed by atoms with Gasteiger partial charge in [-0.1, -0.05) is 24.3 Å². The molecule has 0 unspecified atom stereocenters. The highest BCUT2D eigenvalue weighted by Gasteiger charge is 2.52. The molecule has 5 rings (SSSR count). The topological polar surface area (TPSA) is 69.3 Å². The maximum Gasteiger partial charge on any atom is 0.494 e. The molecule has 2 aliphatic rings. The summed E-state index contributed by atoms with van der Waals surface area (Å²) in [6, 6.07) is 8.85. The fourth-order valence-electron chi connectivity index (χ4n) is 3.97. The molecule has 1 N–H and O–H groups in total. The van der Waals surface area contributed by atoms with E-state index in [9.17, 15) is 13.2 Å². The molecule has 2 aromatic heterocycles. The molecular formula is C22H23BF3N3O3. The summed E-state index contributed by atoms with van der Waals surface area (Å²) >= 11 is 0. The van der Waals surface area contributed by atoms with Crippen molar-refractivity contribution in [3.05, 3.63) is 53.5 Å². The molecule has 2 fully saturated rings. The molecule has 3 aromatic rings. The summed E-state index contributed by atoms with van der Waals surface area (Å²) in [6.45, 7) is 8.75. The molecule has 4 heterocycles. The monoisotopic (exact) mass is 445 g/mol. The van der Waals surface area contributed by atoms with E-state index >= 15 is 0 Å². The third kappa shape index (κ3) is 3.24. The number of nitrogens with one attached hydrogen (secondary N) is 1. The van der Waals surface area contributed by atoms with Crippen LogP contribution in [0.1, 0.15) is 44.6 Å². The average molecular weight is 445 g/mol. The van der Waals surface area contributed by atoms with E-state index in [0.717, 1.165) is 23.3 Å². The van der Waals surface area contributed by atoms with Gasteiger partial charge in [0.2, 0.25) is 0 Å².